The molecule has 1 N–H and O–H groups in total. The topological polar surface area (TPSA) is 97.3 Å². The minimum Gasteiger partial charge on any atom is -0.493 e. The summed E-state index contributed by atoms with van der Waals surface area (Å²) in [5.41, 5.74) is 0.706. The predicted molar refractivity (Wildman–Crippen MR) is 106 cm³/mol. The first-order chi connectivity index (χ1) is 13.4. The number of hydrogen-bond acceptors (Lipinski definition) is 8. The number of carbonyl (C=O) groups is 3. The number of hydrazone groups is 1. The van der Waals surface area contributed by atoms with Crippen molar-refractivity contribution in [2.75, 3.05) is 7.11 Å². The zero-order valence-corrected chi connectivity index (χ0v) is 16.9. The van der Waals surface area contributed by atoms with Crippen LogP contribution in [0, 0.1) is 0 Å². The first-order valence-corrected chi connectivity index (χ1v) is 9.91. The van der Waals surface area contributed by atoms with Crippen LogP contribution in [0.1, 0.15) is 34.5 Å². The number of thiophene rings is 1. The molecule has 8 nitrogen and oxygen atoms in total. The van der Waals surface area contributed by atoms with Gasteiger partial charge >= 0.3 is 5.97 Å². The van der Waals surface area contributed by atoms with Crippen LogP contribution < -0.4 is 14.8 Å². The van der Waals surface area contributed by atoms with Gasteiger partial charge in [-0.05, 0) is 29.1 Å². The molecule has 1 aromatic heterocycles. The number of ether oxygens (including phenoxy) is 2. The Morgan fingerprint density at radius 2 is 1.96 bits per heavy atom. The van der Waals surface area contributed by atoms with E-state index >= 15 is 0 Å². The quantitative estimate of drug-likeness (QED) is 0.604. The lowest BCUT2D eigenvalue weighted by Gasteiger charge is -2.20. The Bertz CT molecular complexity index is 943. The average Bonchev–Trinajstić information content (AvgIpc) is 3.31. The number of hydrogen-bond donors (Lipinski definition) is 1. The van der Waals surface area contributed by atoms with Crippen LogP contribution in [0.15, 0.2) is 40.8 Å². The Balaban J connectivity index is 1.84. The maximum atomic E-state index is 12.2. The van der Waals surface area contributed by atoms with Gasteiger partial charge < -0.3 is 14.8 Å². The van der Waals surface area contributed by atoms with Gasteiger partial charge in [-0.15, -0.1) is 16.4 Å². The second kappa shape index (κ2) is 8.44. The molecule has 0 bridgehead atoms. The Kier molecular flexibility index (Phi) is 6.00. The van der Waals surface area contributed by atoms with E-state index in [-0.39, 0.29) is 17.6 Å². The summed E-state index contributed by atoms with van der Waals surface area (Å²) in [5, 5.41) is 9.67. The fraction of sp³-hybridized carbons (Fsp3) is 0.222. The van der Waals surface area contributed by atoms with Crippen molar-refractivity contribution in [3.05, 3.63) is 46.2 Å². The van der Waals surface area contributed by atoms with E-state index in [0.717, 1.165) is 0 Å². The lowest BCUT2D eigenvalue weighted by Crippen LogP contribution is -2.25. The molecule has 2 heterocycles. The Morgan fingerprint density at radius 3 is 2.57 bits per heavy atom. The molecule has 1 atom stereocenters. The highest BCUT2D eigenvalue weighted by Crippen LogP contribution is 2.41. The smallest absolute Gasteiger partial charge is 0.353 e. The van der Waals surface area contributed by atoms with Crippen LogP contribution in [0.5, 0.6) is 11.5 Å². The molecule has 0 saturated heterocycles. The van der Waals surface area contributed by atoms with E-state index < -0.39 is 11.3 Å². The predicted octanol–water partition coefficient (Wildman–Crippen LogP) is 2.98. The molecular weight excluding hydrogens is 402 g/mol. The Labute approximate surface area is 169 Å². The van der Waals surface area contributed by atoms with Crippen molar-refractivity contribution < 1.29 is 23.9 Å². The van der Waals surface area contributed by atoms with Crippen LogP contribution in [-0.4, -0.2) is 35.1 Å². The number of amides is 2. The second-order valence-electron chi connectivity index (χ2n) is 5.70. The van der Waals surface area contributed by atoms with E-state index in [0.29, 0.717) is 21.4 Å². The van der Waals surface area contributed by atoms with E-state index in [1.54, 1.807) is 35.7 Å². The molecule has 0 radical (unpaired) electrons. The van der Waals surface area contributed by atoms with Gasteiger partial charge in [0.15, 0.2) is 16.7 Å². The molecule has 2 aromatic rings. The normalized spacial score (nSPS) is 15.8. The van der Waals surface area contributed by atoms with E-state index in [9.17, 15) is 14.4 Å². The summed E-state index contributed by atoms with van der Waals surface area (Å²) in [7, 11) is 1.46. The summed E-state index contributed by atoms with van der Waals surface area (Å²) in [6.07, 6.45) is 0. The van der Waals surface area contributed by atoms with Crippen molar-refractivity contribution in [3.8, 4) is 11.5 Å². The number of carbonyl (C=O) groups excluding carboxylic acids is 3. The Hall–Kier alpha value is -2.85. The van der Waals surface area contributed by atoms with Crippen molar-refractivity contribution in [3.63, 3.8) is 0 Å². The van der Waals surface area contributed by atoms with E-state index in [4.69, 9.17) is 9.47 Å². The zero-order valence-electron chi connectivity index (χ0n) is 15.3. The SMILES string of the molecule is COc1cc([C@H]2SC(NC(C)=O)=NN2C(C)=O)ccc1OC(=O)c1cccs1. The summed E-state index contributed by atoms with van der Waals surface area (Å²) in [6, 6.07) is 8.45. The van der Waals surface area contributed by atoms with Crippen LogP contribution >= 0.6 is 23.1 Å². The van der Waals surface area contributed by atoms with Crippen molar-refractivity contribution in [2.45, 2.75) is 19.2 Å². The van der Waals surface area contributed by atoms with Gasteiger partial charge in [0.05, 0.1) is 7.11 Å². The molecule has 1 aliphatic rings. The summed E-state index contributed by atoms with van der Waals surface area (Å²) in [4.78, 5) is 35.9. The minimum atomic E-state index is -0.477. The van der Waals surface area contributed by atoms with Gasteiger partial charge in [0.1, 0.15) is 10.3 Å². The number of nitrogens with one attached hydrogen (secondary N) is 1. The number of esters is 1. The first-order valence-electron chi connectivity index (χ1n) is 8.15. The first kappa shape index (κ1) is 19.9. The van der Waals surface area contributed by atoms with Gasteiger partial charge in [-0.1, -0.05) is 23.9 Å². The third-order valence-corrected chi connectivity index (χ3v) is 5.60. The monoisotopic (exact) mass is 419 g/mol. The molecule has 10 heteroatoms. The standard InChI is InChI=1S/C18H17N3O5S2/c1-10(22)19-18-20-21(11(2)23)16(28-18)12-6-7-13(14(9-12)25-3)26-17(24)15-5-4-8-27-15/h4-9,16H,1-3H3,(H,19,20,22)/t16-/m1/s1. The van der Waals surface area contributed by atoms with Crippen LogP contribution in [0.25, 0.3) is 0 Å². The summed E-state index contributed by atoms with van der Waals surface area (Å²) in [6.45, 7) is 2.76. The van der Waals surface area contributed by atoms with E-state index in [1.165, 1.54) is 49.1 Å². The fourth-order valence-corrected chi connectivity index (χ4v) is 4.17. The summed E-state index contributed by atoms with van der Waals surface area (Å²) < 4.78 is 10.8. The number of amidine groups is 1. The molecule has 3 rings (SSSR count). The van der Waals surface area contributed by atoms with E-state index in [2.05, 4.69) is 10.4 Å². The molecule has 28 heavy (non-hydrogen) atoms. The molecule has 0 unspecified atom stereocenters. The largest absolute Gasteiger partial charge is 0.493 e. The van der Waals surface area contributed by atoms with Crippen molar-refractivity contribution in [1.82, 2.24) is 10.3 Å². The van der Waals surface area contributed by atoms with Crippen LogP contribution in [0.2, 0.25) is 0 Å². The number of benzene rings is 1. The van der Waals surface area contributed by atoms with Gasteiger partial charge in [-0.3, -0.25) is 9.59 Å². The lowest BCUT2D eigenvalue weighted by molar-refractivity contribution is -0.129. The zero-order chi connectivity index (χ0) is 20.3. The van der Waals surface area contributed by atoms with Gasteiger partial charge in [0.2, 0.25) is 11.8 Å². The minimum absolute atomic E-state index is 0.269. The van der Waals surface area contributed by atoms with Crippen LogP contribution in [0.4, 0.5) is 0 Å². The maximum Gasteiger partial charge on any atom is 0.353 e. The number of thioether (sulfide) groups is 1. The van der Waals surface area contributed by atoms with E-state index in [1.807, 2.05) is 0 Å². The summed E-state index contributed by atoms with van der Waals surface area (Å²) in [5.74, 6) is -0.406. The van der Waals surface area contributed by atoms with Gasteiger partial charge in [-0.2, -0.15) is 0 Å². The molecule has 0 fully saturated rings. The number of rotatable bonds is 4. The number of methoxy groups -OCH3 is 1. The highest BCUT2D eigenvalue weighted by atomic mass is 32.2. The number of nitrogens with zero attached hydrogens (tertiary/aromatic N) is 2. The molecule has 2 amide bonds. The van der Waals surface area contributed by atoms with Gasteiger partial charge in [0, 0.05) is 13.8 Å². The molecule has 0 spiro atoms. The van der Waals surface area contributed by atoms with Crippen LogP contribution in [0.3, 0.4) is 0 Å². The molecular formula is C18H17N3O5S2. The van der Waals surface area contributed by atoms with Gasteiger partial charge in [-0.25, -0.2) is 9.80 Å². The second-order valence-corrected chi connectivity index (χ2v) is 7.71. The highest BCUT2D eigenvalue weighted by molar-refractivity contribution is 8.14. The van der Waals surface area contributed by atoms with Crippen molar-refractivity contribution in [2.24, 2.45) is 5.10 Å². The lowest BCUT2D eigenvalue weighted by atomic mass is 10.2. The highest BCUT2D eigenvalue weighted by Gasteiger charge is 2.33. The molecule has 1 aromatic carbocycles. The van der Waals surface area contributed by atoms with Gasteiger partial charge in [0.25, 0.3) is 0 Å². The van der Waals surface area contributed by atoms with Crippen molar-refractivity contribution >= 4 is 46.0 Å². The maximum absolute atomic E-state index is 12.2. The Morgan fingerprint density at radius 1 is 1.18 bits per heavy atom. The van der Waals surface area contributed by atoms with Crippen molar-refractivity contribution in [1.29, 1.82) is 0 Å². The molecule has 1 aliphatic heterocycles. The molecule has 146 valence electrons. The molecule has 0 aliphatic carbocycles. The fourth-order valence-electron chi connectivity index (χ4n) is 2.45. The summed E-state index contributed by atoms with van der Waals surface area (Å²) >= 11 is 2.51. The third-order valence-electron chi connectivity index (χ3n) is 3.65. The third kappa shape index (κ3) is 4.34. The average molecular weight is 419 g/mol. The molecule has 0 saturated carbocycles. The van der Waals surface area contributed by atoms with Crippen LogP contribution in [-0.2, 0) is 9.59 Å².